The van der Waals surface area contributed by atoms with E-state index in [0.29, 0.717) is 0 Å². The quantitative estimate of drug-likeness (QED) is 0.767. The maximum atomic E-state index is 11.7. The van der Waals surface area contributed by atoms with E-state index < -0.39 is 0 Å². The number of carbonyl (C=O) groups is 1. The molecule has 1 aliphatic rings. The highest BCUT2D eigenvalue weighted by Gasteiger charge is 2.05. The van der Waals surface area contributed by atoms with Gasteiger partial charge in [0.25, 0.3) is 0 Å². The molecular weight excluding hydrogens is 264 g/mol. The zero-order chi connectivity index (χ0) is 11.4. The molecule has 0 spiro atoms. The minimum atomic E-state index is 0.0285. The lowest BCUT2D eigenvalue weighted by Crippen LogP contribution is -1.93. The largest absolute Gasteiger partial charge is 0.289 e. The maximum absolute atomic E-state index is 11.7. The molecule has 0 amide bonds. The first-order valence-corrected chi connectivity index (χ1v) is 5.75. The van der Waals surface area contributed by atoms with Crippen LogP contribution in [-0.2, 0) is 4.79 Å². The highest BCUT2D eigenvalue weighted by Crippen LogP contribution is 2.18. The zero-order valence-electron chi connectivity index (χ0n) is 8.56. The summed E-state index contributed by atoms with van der Waals surface area (Å²) < 4.78 is 0.988. The summed E-state index contributed by atoms with van der Waals surface area (Å²) in [6, 6.07) is 7.80. The third kappa shape index (κ3) is 2.58. The third-order valence-corrected chi connectivity index (χ3v) is 2.99. The van der Waals surface area contributed by atoms with Crippen LogP contribution in [0.2, 0.25) is 0 Å². The molecule has 0 aromatic heterocycles. The molecule has 0 aliphatic heterocycles. The second kappa shape index (κ2) is 5.08. The molecule has 0 saturated heterocycles. The van der Waals surface area contributed by atoms with E-state index in [0.717, 1.165) is 15.6 Å². The van der Waals surface area contributed by atoms with E-state index in [1.807, 2.05) is 55.0 Å². The van der Waals surface area contributed by atoms with E-state index in [2.05, 4.69) is 15.9 Å². The van der Waals surface area contributed by atoms with Gasteiger partial charge >= 0.3 is 0 Å². The lowest BCUT2D eigenvalue weighted by atomic mass is 10.1. The Kier molecular flexibility index (Phi) is 3.52. The molecule has 0 heterocycles. The van der Waals surface area contributed by atoms with Gasteiger partial charge in [-0.25, -0.2) is 0 Å². The summed E-state index contributed by atoms with van der Waals surface area (Å²) in [6.45, 7) is 0. The first-order chi connectivity index (χ1) is 7.77. The maximum Gasteiger partial charge on any atom is 0.185 e. The minimum Gasteiger partial charge on any atom is -0.289 e. The molecule has 0 bridgehead atoms. The summed E-state index contributed by atoms with van der Waals surface area (Å²) in [7, 11) is 0. The van der Waals surface area contributed by atoms with Gasteiger partial charge in [-0.1, -0.05) is 52.4 Å². The number of hydrogen-bond acceptors (Lipinski definition) is 1. The molecule has 1 nitrogen and oxygen atoms in total. The van der Waals surface area contributed by atoms with Crippen molar-refractivity contribution in [3.05, 3.63) is 70.6 Å². The Labute approximate surface area is 103 Å². The van der Waals surface area contributed by atoms with Crippen LogP contribution in [0, 0.1) is 6.42 Å². The summed E-state index contributed by atoms with van der Waals surface area (Å²) in [5.74, 6) is 0.0285. The fourth-order valence-electron chi connectivity index (χ4n) is 1.41. The summed E-state index contributed by atoms with van der Waals surface area (Å²) in [5, 5.41) is 0. The van der Waals surface area contributed by atoms with Crippen molar-refractivity contribution in [2.24, 2.45) is 0 Å². The van der Waals surface area contributed by atoms with E-state index in [1.165, 1.54) is 0 Å². The first-order valence-electron chi connectivity index (χ1n) is 4.96. The van der Waals surface area contributed by atoms with Crippen molar-refractivity contribution < 1.29 is 4.79 Å². The van der Waals surface area contributed by atoms with E-state index in [9.17, 15) is 4.79 Å². The van der Waals surface area contributed by atoms with Gasteiger partial charge in [-0.3, -0.25) is 4.79 Å². The monoisotopic (exact) mass is 273 g/mol. The number of allylic oxidation sites excluding steroid dienone is 5. The summed E-state index contributed by atoms with van der Waals surface area (Å²) in [5.41, 5.74) is 1.73. The van der Waals surface area contributed by atoms with Crippen LogP contribution >= 0.6 is 15.9 Å². The second-order valence-corrected chi connectivity index (χ2v) is 4.25. The van der Waals surface area contributed by atoms with E-state index >= 15 is 0 Å². The van der Waals surface area contributed by atoms with Gasteiger partial charge in [0.1, 0.15) is 0 Å². The van der Waals surface area contributed by atoms with Gasteiger partial charge in [-0.15, -0.1) is 0 Å². The molecule has 1 aliphatic carbocycles. The Hall–Kier alpha value is -1.41. The molecule has 0 unspecified atom stereocenters. The van der Waals surface area contributed by atoms with E-state index in [-0.39, 0.29) is 5.78 Å². The van der Waals surface area contributed by atoms with Crippen molar-refractivity contribution in [3.8, 4) is 0 Å². The molecule has 0 N–H and O–H groups in total. The normalized spacial score (nSPS) is 14.4. The van der Waals surface area contributed by atoms with Gasteiger partial charge in [-0.05, 0) is 23.8 Å². The van der Waals surface area contributed by atoms with Crippen molar-refractivity contribution >= 4 is 27.8 Å². The van der Waals surface area contributed by atoms with Crippen LogP contribution in [0.1, 0.15) is 5.56 Å². The Balaban J connectivity index is 2.13. The fraction of sp³-hybridized carbons (Fsp3) is 0. The van der Waals surface area contributed by atoms with Crippen molar-refractivity contribution in [1.82, 2.24) is 0 Å². The van der Waals surface area contributed by atoms with Gasteiger partial charge < -0.3 is 0 Å². The van der Waals surface area contributed by atoms with Crippen LogP contribution in [0.15, 0.2) is 58.6 Å². The van der Waals surface area contributed by atoms with Crippen molar-refractivity contribution in [1.29, 1.82) is 0 Å². The number of halogens is 1. The van der Waals surface area contributed by atoms with E-state index in [4.69, 9.17) is 0 Å². The molecule has 0 fully saturated rings. The third-order valence-electron chi connectivity index (χ3n) is 2.27. The molecular formula is C14H10BrO. The van der Waals surface area contributed by atoms with Gasteiger partial charge in [0.15, 0.2) is 5.78 Å². The fourth-order valence-corrected chi connectivity index (χ4v) is 1.83. The lowest BCUT2D eigenvalue weighted by Gasteiger charge is -1.96. The van der Waals surface area contributed by atoms with Crippen molar-refractivity contribution in [3.63, 3.8) is 0 Å². The predicted molar refractivity (Wildman–Crippen MR) is 69.7 cm³/mol. The Bertz CT molecular complexity index is 495. The van der Waals surface area contributed by atoms with Crippen LogP contribution in [0.5, 0.6) is 0 Å². The second-order valence-electron chi connectivity index (χ2n) is 3.39. The highest BCUT2D eigenvalue weighted by molar-refractivity contribution is 9.10. The molecule has 2 rings (SSSR count). The molecule has 0 saturated carbocycles. The molecule has 0 atom stereocenters. The Morgan fingerprint density at radius 3 is 2.75 bits per heavy atom. The molecule has 1 radical (unpaired) electrons. The minimum absolute atomic E-state index is 0.0285. The highest BCUT2D eigenvalue weighted by atomic mass is 79.9. The smallest absolute Gasteiger partial charge is 0.185 e. The Morgan fingerprint density at radius 2 is 2.06 bits per heavy atom. The molecule has 2 heteroatoms. The number of rotatable bonds is 3. The lowest BCUT2D eigenvalue weighted by molar-refractivity contribution is -0.111. The molecule has 1 aromatic rings. The van der Waals surface area contributed by atoms with E-state index in [1.54, 1.807) is 6.08 Å². The standard InChI is InChI=1S/C14H10BrO/c15-13-8-4-3-5-11(13)9-10-14(16)12-6-1-2-7-12/h1-10H/b10-9+. The SMILES string of the molecule is O=C(/C=C/c1ccccc1Br)C1=C[CH]C=C1. The zero-order valence-corrected chi connectivity index (χ0v) is 10.1. The van der Waals surface area contributed by atoms with Crippen LogP contribution < -0.4 is 0 Å². The van der Waals surface area contributed by atoms with Gasteiger partial charge in [-0.2, -0.15) is 0 Å². The molecule has 1 aromatic carbocycles. The summed E-state index contributed by atoms with van der Waals surface area (Å²) in [4.78, 5) is 11.7. The number of carbonyl (C=O) groups excluding carboxylic acids is 1. The number of hydrogen-bond donors (Lipinski definition) is 0. The summed E-state index contributed by atoms with van der Waals surface area (Å²) in [6.07, 6.45) is 10.8. The molecule has 16 heavy (non-hydrogen) atoms. The number of benzene rings is 1. The first kappa shape index (κ1) is 11.1. The average Bonchev–Trinajstić information content (AvgIpc) is 2.81. The van der Waals surface area contributed by atoms with Crippen molar-refractivity contribution in [2.45, 2.75) is 0 Å². The average molecular weight is 274 g/mol. The van der Waals surface area contributed by atoms with Gasteiger partial charge in [0, 0.05) is 16.5 Å². The van der Waals surface area contributed by atoms with Crippen LogP contribution in [0.4, 0.5) is 0 Å². The van der Waals surface area contributed by atoms with Crippen LogP contribution in [0.3, 0.4) is 0 Å². The number of ketones is 1. The topological polar surface area (TPSA) is 17.1 Å². The van der Waals surface area contributed by atoms with Gasteiger partial charge in [0.2, 0.25) is 0 Å². The Morgan fingerprint density at radius 1 is 1.25 bits per heavy atom. The predicted octanol–water partition coefficient (Wildman–Crippen LogP) is 3.73. The van der Waals surface area contributed by atoms with Crippen LogP contribution in [-0.4, -0.2) is 5.78 Å². The molecule has 79 valence electrons. The summed E-state index contributed by atoms with van der Waals surface area (Å²) >= 11 is 3.43. The van der Waals surface area contributed by atoms with Crippen molar-refractivity contribution in [2.75, 3.05) is 0 Å². The van der Waals surface area contributed by atoms with Crippen LogP contribution in [0.25, 0.3) is 6.08 Å². The van der Waals surface area contributed by atoms with Gasteiger partial charge in [0.05, 0.1) is 0 Å².